The summed E-state index contributed by atoms with van der Waals surface area (Å²) in [5.41, 5.74) is 10.4. The van der Waals surface area contributed by atoms with Gasteiger partial charge < -0.3 is 21.1 Å². The maximum atomic E-state index is 13.0. The van der Waals surface area contributed by atoms with Gasteiger partial charge in [0.2, 0.25) is 5.91 Å². The molecule has 10 nitrogen and oxygen atoms in total. The molecule has 0 saturated heterocycles. The highest BCUT2D eigenvalue weighted by Crippen LogP contribution is 2.70. The topological polar surface area (TPSA) is 126 Å². The van der Waals surface area contributed by atoms with Crippen LogP contribution in [-0.2, 0) is 27.4 Å². The van der Waals surface area contributed by atoms with Crippen molar-refractivity contribution >= 4 is 23.3 Å². The van der Waals surface area contributed by atoms with E-state index in [9.17, 15) is 9.59 Å². The number of carbonyl (C=O) groups excluding carboxylic acids is 2. The highest BCUT2D eigenvalue weighted by Gasteiger charge is 2.62. The molecule has 0 spiro atoms. The fraction of sp³-hybridized carbons (Fsp3) is 0.765. The fourth-order valence-electron chi connectivity index (χ4n) is 12.8. The zero-order valence-corrected chi connectivity index (χ0v) is 39.2. The number of ether oxygens (including phenoxy) is 1. The Morgan fingerprint density at radius 1 is 0.820 bits per heavy atom. The van der Waals surface area contributed by atoms with Crippen molar-refractivity contribution in [2.75, 3.05) is 51.3 Å². The molecule has 1 amide bonds. The Morgan fingerprint density at radius 3 is 2.26 bits per heavy atom. The first kappa shape index (κ1) is 47.2. The molecule has 10 heteroatoms. The third-order valence-electron chi connectivity index (χ3n) is 16.5. The molecule has 4 fully saturated rings. The number of rotatable bonds is 22. The summed E-state index contributed by atoms with van der Waals surface area (Å²) in [6.07, 6.45) is 21.4. The average Bonchev–Trinajstić information content (AvgIpc) is 3.65. The van der Waals surface area contributed by atoms with Crippen molar-refractivity contribution in [3.63, 3.8) is 0 Å². The van der Waals surface area contributed by atoms with Crippen LogP contribution in [0.2, 0.25) is 0 Å². The van der Waals surface area contributed by atoms with Crippen LogP contribution >= 0.6 is 0 Å². The normalized spacial score (nSPS) is 28.9. The van der Waals surface area contributed by atoms with Gasteiger partial charge in [0.25, 0.3) is 0 Å². The molecule has 4 aliphatic carbocycles. The summed E-state index contributed by atoms with van der Waals surface area (Å²) in [5, 5.41) is 6.52. The Labute approximate surface area is 369 Å². The van der Waals surface area contributed by atoms with Crippen LogP contribution in [0.25, 0.3) is 0 Å². The molecule has 61 heavy (non-hydrogen) atoms. The SMILES string of the molecule is CC(C)CCC[C@@H](C)[C@H]1CC[C@@H]2C1CC[C@@]1(C)C2CCC2CC(OC(=O)CCC(=O)NCCCCNc3ccnc(CN(C)CCN(C)Cc4cc(N)ccn4)c3)CCC21C. The molecule has 0 radical (unpaired) electrons. The molecule has 0 bridgehead atoms. The predicted octanol–water partition coefficient (Wildman–Crippen LogP) is 9.74. The molecule has 0 aromatic carbocycles. The van der Waals surface area contributed by atoms with Gasteiger partial charge in [-0.05, 0) is 161 Å². The standard InChI is InChI=1S/C51H83N7O3/c1-36(2)11-10-12-37(3)44-14-15-46-45(44)20-24-51(5)47(46)16-13-38-31-43(19-23-50(38,51)4)61-49(60)18-17-48(59)56-26-9-8-25-53-40-22-28-55-42(33-40)35-58(7)30-29-57(6)34-41-32-39(52)21-27-54-41/h21-22,27-28,32-33,36-38,43-47H,8-20,23-26,29-31,34-35H2,1-7H3,(H2,52,54)(H,53,55)(H,56,59)/t37-,38?,43?,44-,45?,46-,47?,50?,51+/m1/s1. The molecule has 2 heterocycles. The number of likely N-dealkylation sites (N-methyl/N-ethyl adjacent to an activating group) is 2. The van der Waals surface area contributed by atoms with Crippen LogP contribution in [0.4, 0.5) is 11.4 Å². The highest BCUT2D eigenvalue weighted by molar-refractivity contribution is 5.81. The second kappa shape index (κ2) is 21.9. The monoisotopic (exact) mass is 842 g/mol. The summed E-state index contributed by atoms with van der Waals surface area (Å²) in [7, 11) is 4.21. The molecule has 2 aromatic heterocycles. The molecule has 2 aromatic rings. The van der Waals surface area contributed by atoms with Gasteiger partial charge in [-0.15, -0.1) is 0 Å². The van der Waals surface area contributed by atoms with Crippen molar-refractivity contribution in [1.82, 2.24) is 25.1 Å². The summed E-state index contributed by atoms with van der Waals surface area (Å²) in [5.74, 6) is 5.68. The van der Waals surface area contributed by atoms with Crippen molar-refractivity contribution in [1.29, 1.82) is 0 Å². The molecule has 5 unspecified atom stereocenters. The lowest BCUT2D eigenvalue weighted by Crippen LogP contribution is -2.58. The Morgan fingerprint density at radius 2 is 1.52 bits per heavy atom. The van der Waals surface area contributed by atoms with E-state index in [1.807, 2.05) is 24.4 Å². The lowest BCUT2D eigenvalue weighted by molar-refractivity contribution is -0.181. The van der Waals surface area contributed by atoms with Crippen LogP contribution in [0.15, 0.2) is 36.7 Å². The average molecular weight is 842 g/mol. The van der Waals surface area contributed by atoms with E-state index in [-0.39, 0.29) is 30.8 Å². The van der Waals surface area contributed by atoms with Crippen LogP contribution in [0.1, 0.15) is 149 Å². The molecule has 0 aliphatic heterocycles. The minimum absolute atomic E-state index is 0.00582. The van der Waals surface area contributed by atoms with Crippen LogP contribution in [0, 0.1) is 52.3 Å². The molecule has 4 N–H and O–H groups in total. The number of nitrogen functional groups attached to an aromatic ring is 1. The van der Waals surface area contributed by atoms with Gasteiger partial charge in [-0.25, -0.2) is 0 Å². The van der Waals surface area contributed by atoms with E-state index in [0.717, 1.165) is 123 Å². The van der Waals surface area contributed by atoms with E-state index in [0.29, 0.717) is 23.3 Å². The Balaban J connectivity index is 0.826. The van der Waals surface area contributed by atoms with Crippen LogP contribution in [0.5, 0.6) is 0 Å². The lowest BCUT2D eigenvalue weighted by atomic mass is 9.40. The molecule has 4 aliphatic rings. The van der Waals surface area contributed by atoms with Crippen LogP contribution in [0.3, 0.4) is 0 Å². The van der Waals surface area contributed by atoms with Crippen molar-refractivity contribution in [2.24, 2.45) is 52.3 Å². The fourth-order valence-corrected chi connectivity index (χ4v) is 12.8. The minimum atomic E-state index is -0.213. The maximum absolute atomic E-state index is 13.0. The number of carbonyl (C=O) groups is 2. The van der Waals surface area contributed by atoms with E-state index in [2.05, 4.69) is 85.2 Å². The lowest BCUT2D eigenvalue weighted by Gasteiger charge is -2.65. The Hall–Kier alpha value is -3.24. The number of hydrogen-bond donors (Lipinski definition) is 3. The van der Waals surface area contributed by atoms with Gasteiger partial charge in [0.05, 0.1) is 17.8 Å². The van der Waals surface area contributed by atoms with Gasteiger partial charge in [-0.2, -0.15) is 0 Å². The zero-order valence-electron chi connectivity index (χ0n) is 39.2. The number of hydrogen-bond acceptors (Lipinski definition) is 9. The number of fused-ring (bicyclic) bond motifs is 5. The number of anilines is 2. The third-order valence-corrected chi connectivity index (χ3v) is 16.5. The van der Waals surface area contributed by atoms with Gasteiger partial charge in [0, 0.05) is 69.5 Å². The number of amides is 1. The molecule has 4 saturated carbocycles. The number of unbranched alkanes of at least 4 members (excludes halogenated alkanes) is 1. The van der Waals surface area contributed by atoms with Gasteiger partial charge in [-0.3, -0.25) is 29.4 Å². The quantitative estimate of drug-likeness (QED) is 0.0785. The van der Waals surface area contributed by atoms with E-state index < -0.39 is 0 Å². The second-order valence-corrected chi connectivity index (χ2v) is 21.1. The molecule has 6 rings (SSSR count). The van der Waals surface area contributed by atoms with Gasteiger partial charge >= 0.3 is 5.97 Å². The molecule has 9 atom stereocenters. The zero-order chi connectivity index (χ0) is 43.6. The van der Waals surface area contributed by atoms with Gasteiger partial charge in [0.15, 0.2) is 0 Å². The van der Waals surface area contributed by atoms with Crippen LogP contribution in [-0.4, -0.2) is 78.0 Å². The number of nitrogens with zero attached hydrogens (tertiary/aromatic N) is 4. The number of esters is 1. The number of aromatic nitrogens is 2. The molecular formula is C51H83N7O3. The van der Waals surface area contributed by atoms with Gasteiger partial charge in [-0.1, -0.05) is 53.9 Å². The first-order valence-electron chi connectivity index (χ1n) is 24.5. The third kappa shape index (κ3) is 12.5. The Bertz CT molecular complexity index is 1710. The summed E-state index contributed by atoms with van der Waals surface area (Å²) < 4.78 is 6.09. The smallest absolute Gasteiger partial charge is 0.306 e. The highest BCUT2D eigenvalue weighted by atomic mass is 16.5. The molecule has 340 valence electrons. The number of pyridine rings is 2. The van der Waals surface area contributed by atoms with Crippen molar-refractivity contribution < 1.29 is 14.3 Å². The maximum Gasteiger partial charge on any atom is 0.306 e. The van der Waals surface area contributed by atoms with E-state index >= 15 is 0 Å². The van der Waals surface area contributed by atoms with E-state index in [1.54, 1.807) is 6.20 Å². The minimum Gasteiger partial charge on any atom is -0.462 e. The second-order valence-electron chi connectivity index (χ2n) is 21.1. The summed E-state index contributed by atoms with van der Waals surface area (Å²) in [6.45, 7) is 17.3. The van der Waals surface area contributed by atoms with Crippen molar-refractivity contribution in [3.8, 4) is 0 Å². The predicted molar refractivity (Wildman–Crippen MR) is 248 cm³/mol. The Kier molecular flexibility index (Phi) is 17.0. The molecular weight excluding hydrogens is 759 g/mol. The summed E-state index contributed by atoms with van der Waals surface area (Å²) in [6, 6.07) is 7.85. The number of nitrogens with one attached hydrogen (secondary N) is 2. The first-order chi connectivity index (χ1) is 29.2. The summed E-state index contributed by atoms with van der Waals surface area (Å²) in [4.78, 5) is 39.2. The van der Waals surface area contributed by atoms with E-state index in [1.165, 1.54) is 57.8 Å². The summed E-state index contributed by atoms with van der Waals surface area (Å²) >= 11 is 0. The van der Waals surface area contributed by atoms with Crippen LogP contribution < -0.4 is 16.4 Å². The van der Waals surface area contributed by atoms with Crippen molar-refractivity contribution in [2.45, 2.75) is 157 Å². The van der Waals surface area contributed by atoms with Gasteiger partial charge in [0.1, 0.15) is 6.10 Å². The van der Waals surface area contributed by atoms with Crippen molar-refractivity contribution in [3.05, 3.63) is 48.0 Å². The number of nitrogens with two attached hydrogens (primary N) is 1. The largest absolute Gasteiger partial charge is 0.462 e. The van der Waals surface area contributed by atoms with E-state index in [4.69, 9.17) is 10.5 Å². The first-order valence-corrected chi connectivity index (χ1v) is 24.5.